The van der Waals surface area contributed by atoms with Gasteiger partial charge in [0.1, 0.15) is 0 Å². The van der Waals surface area contributed by atoms with Crippen molar-refractivity contribution in [1.82, 2.24) is 0 Å². The van der Waals surface area contributed by atoms with Crippen LogP contribution in [0, 0.1) is 17.3 Å². The van der Waals surface area contributed by atoms with Gasteiger partial charge in [0.15, 0.2) is 0 Å². The monoisotopic (exact) mass is 513 g/mol. The minimum Gasteiger partial charge on any atom is -1.00 e. The van der Waals surface area contributed by atoms with Gasteiger partial charge in [0.2, 0.25) is 0 Å². The molecule has 0 radical (unpaired) electrons. The third-order valence-electron chi connectivity index (χ3n) is 4.19. The molecule has 0 bridgehead atoms. The summed E-state index contributed by atoms with van der Waals surface area (Å²) in [4.78, 5) is 0. The van der Waals surface area contributed by atoms with Gasteiger partial charge in [-0.05, 0) is 22.5 Å². The largest absolute Gasteiger partial charge is 2.00 e. The molecular weight excluding hydrogens is 476 g/mol. The first-order valence-corrected chi connectivity index (χ1v) is 10.6. The Hall–Kier alpha value is 1.20. The summed E-state index contributed by atoms with van der Waals surface area (Å²) in [7, 11) is -1.77. The number of hydrogen-bond donors (Lipinski definition) is 1. The molecule has 6 heteroatoms. The molecule has 1 nitrogen and oxygen atoms in total. The first-order chi connectivity index (χ1) is 10.8. The van der Waals surface area contributed by atoms with E-state index in [1.165, 1.54) is 0 Å². The summed E-state index contributed by atoms with van der Waals surface area (Å²) in [6.45, 7) is 20.0. The van der Waals surface area contributed by atoms with Crippen molar-refractivity contribution < 1.29 is 68.2 Å². The van der Waals surface area contributed by atoms with Gasteiger partial charge in [-0.3, -0.25) is 12.2 Å². The zero-order chi connectivity index (χ0) is 19.1. The van der Waals surface area contributed by atoms with E-state index in [4.69, 9.17) is 5.16 Å². The van der Waals surface area contributed by atoms with E-state index < -0.39 is 7.05 Å². The van der Waals surface area contributed by atoms with Crippen LogP contribution in [0.25, 0.3) is 0 Å². The summed E-state index contributed by atoms with van der Waals surface area (Å²) < 4.78 is 0. The molecule has 158 valence electrons. The molecule has 0 atom stereocenters. The first kappa shape index (κ1) is 39.6. The van der Waals surface area contributed by atoms with Crippen molar-refractivity contribution in [3.63, 3.8) is 0 Å². The van der Waals surface area contributed by atoms with Crippen molar-refractivity contribution in [2.24, 2.45) is 0 Å². The minimum atomic E-state index is -1.77. The fraction of sp³-hybridized carbons (Fsp3) is 0.636. The number of halogens is 2. The van der Waals surface area contributed by atoms with Crippen molar-refractivity contribution in [1.29, 1.82) is 5.16 Å². The average Bonchev–Trinajstić information content (AvgIpc) is 3.11. The van der Waals surface area contributed by atoms with Gasteiger partial charge < -0.3 is 30.0 Å². The van der Waals surface area contributed by atoms with Crippen LogP contribution in [0.4, 0.5) is 0 Å². The summed E-state index contributed by atoms with van der Waals surface area (Å²) >= 11 is 0. The second kappa shape index (κ2) is 16.8. The molecule has 0 aliphatic heterocycles. The van der Waals surface area contributed by atoms with Crippen LogP contribution in [0.3, 0.4) is 0 Å². The number of rotatable bonds is 0. The number of hydrogen-bond acceptors (Lipinski definition) is 1. The first-order valence-electron chi connectivity index (χ1n) is 8.83. The number of nitrogens with one attached hydrogen (secondary N) is 1. The van der Waals surface area contributed by atoms with Crippen molar-refractivity contribution in [2.75, 3.05) is 0 Å². The molecule has 1 N–H and O–H groups in total. The molecule has 0 heterocycles. The molecule has 0 aromatic carbocycles. The molecule has 0 aromatic rings. The molecule has 0 saturated heterocycles. The predicted molar refractivity (Wildman–Crippen MR) is 112 cm³/mol. The quantitative estimate of drug-likeness (QED) is 0.290. The Bertz CT molecular complexity index is 462. The van der Waals surface area contributed by atoms with Crippen LogP contribution < -0.4 is 24.8 Å². The van der Waals surface area contributed by atoms with E-state index in [0.29, 0.717) is 0 Å². The van der Waals surface area contributed by atoms with Crippen molar-refractivity contribution in [3.8, 4) is 0 Å². The Morgan fingerprint density at radius 2 is 0.893 bits per heavy atom. The van der Waals surface area contributed by atoms with Crippen LogP contribution in [0.15, 0.2) is 36.5 Å². The molecule has 2 aliphatic rings. The van der Waals surface area contributed by atoms with E-state index in [2.05, 4.69) is 86.6 Å². The molecular formula is C22H38Cl2NPTi2. The third kappa shape index (κ3) is 12.8. The molecule has 2 rings (SSSR count). The Morgan fingerprint density at radius 3 is 0.929 bits per heavy atom. The zero-order valence-electron chi connectivity index (χ0n) is 19.1. The van der Waals surface area contributed by atoms with Gasteiger partial charge >= 0.3 is 43.4 Å². The van der Waals surface area contributed by atoms with Gasteiger partial charge in [-0.15, -0.1) is 12.8 Å². The molecule has 28 heavy (non-hydrogen) atoms. The molecule has 0 fully saturated rings. The maximum Gasteiger partial charge on any atom is 2.00 e. The van der Waals surface area contributed by atoms with Crippen LogP contribution in [-0.2, 0) is 43.4 Å². The number of allylic oxidation sites excluding steroid dienone is 8. The Kier molecular flexibility index (Phi) is 23.8. The van der Waals surface area contributed by atoms with E-state index in [-0.39, 0.29) is 83.7 Å². The molecule has 0 unspecified atom stereocenters. The van der Waals surface area contributed by atoms with Gasteiger partial charge in [-0.25, -0.2) is 24.3 Å². The fourth-order valence-electron chi connectivity index (χ4n) is 3.70. The average molecular weight is 514 g/mol. The standard InChI is InChI=1S/C12H28NP.2C5H5.2ClH.2Ti/c1-10(2,3)14(13,11(4,5)6)12(7,8)9;2*1-2-4-5-3-1;;;;/h13H,1-9H3;2*1-3H,4H2;2*1H;;/q;2*-1;;;2*+2/p-2. The summed E-state index contributed by atoms with van der Waals surface area (Å²) in [5, 5.41) is 9.29. The molecule has 0 saturated carbocycles. The summed E-state index contributed by atoms with van der Waals surface area (Å²) in [5.74, 6) is 0. The second-order valence-electron chi connectivity index (χ2n) is 9.19. The SMILES string of the molecule is CC(C)(C)P(=N)(C(C)(C)C)C(C)(C)C.[C-]1=CC=CC1.[C-]1=CC=CC1.[Cl-].[Cl-].[Ti+2].[Ti+2]. The van der Waals surface area contributed by atoms with Crippen LogP contribution in [0.5, 0.6) is 0 Å². The van der Waals surface area contributed by atoms with E-state index in [0.717, 1.165) is 12.8 Å². The smallest absolute Gasteiger partial charge is 1.00 e. The maximum atomic E-state index is 8.99. The van der Waals surface area contributed by atoms with Crippen LogP contribution in [0.2, 0.25) is 0 Å². The molecule has 0 amide bonds. The van der Waals surface area contributed by atoms with Gasteiger partial charge in [-0.2, -0.15) is 12.2 Å². The summed E-state index contributed by atoms with van der Waals surface area (Å²) in [6, 6.07) is 0. The third-order valence-corrected chi connectivity index (χ3v) is 10.2. The van der Waals surface area contributed by atoms with E-state index in [1.54, 1.807) is 0 Å². The van der Waals surface area contributed by atoms with Gasteiger partial charge in [0, 0.05) is 0 Å². The maximum absolute atomic E-state index is 8.99. The minimum absolute atomic E-state index is 0. The van der Waals surface area contributed by atoms with Crippen molar-refractivity contribution in [3.05, 3.63) is 48.6 Å². The molecule has 0 aromatic heterocycles. The molecule has 0 spiro atoms. The fourth-order valence-corrected chi connectivity index (χ4v) is 9.74. The predicted octanol–water partition coefficient (Wildman–Crippen LogP) is 1.78. The normalized spacial score (nSPS) is 14.2. The zero-order valence-corrected chi connectivity index (χ0v) is 24.6. The van der Waals surface area contributed by atoms with Gasteiger partial charge in [0.25, 0.3) is 0 Å². The van der Waals surface area contributed by atoms with E-state index in [1.807, 2.05) is 24.3 Å². The van der Waals surface area contributed by atoms with Crippen molar-refractivity contribution in [2.45, 2.75) is 90.6 Å². The van der Waals surface area contributed by atoms with E-state index in [9.17, 15) is 0 Å². The Labute approximate surface area is 218 Å². The van der Waals surface area contributed by atoms with Crippen LogP contribution in [-0.4, -0.2) is 15.5 Å². The molecule has 2 aliphatic carbocycles. The van der Waals surface area contributed by atoms with Crippen LogP contribution >= 0.6 is 7.05 Å². The van der Waals surface area contributed by atoms with Crippen molar-refractivity contribution >= 4 is 7.05 Å². The topological polar surface area (TPSA) is 23.9 Å². The summed E-state index contributed by atoms with van der Waals surface area (Å²) in [5.41, 5.74) is 0. The second-order valence-corrected chi connectivity index (χ2v) is 14.6. The Morgan fingerprint density at radius 1 is 0.643 bits per heavy atom. The Balaban J connectivity index is -0.000000105. The van der Waals surface area contributed by atoms with Gasteiger partial charge in [-0.1, -0.05) is 62.3 Å². The van der Waals surface area contributed by atoms with Crippen LogP contribution in [0.1, 0.15) is 75.2 Å². The van der Waals surface area contributed by atoms with E-state index >= 15 is 0 Å². The summed E-state index contributed by atoms with van der Waals surface area (Å²) in [6.07, 6.45) is 20.0. The van der Waals surface area contributed by atoms with Gasteiger partial charge in [0.05, 0.1) is 0 Å².